The molecule has 4 aliphatic carbocycles. The Labute approximate surface area is 417 Å². The molecule has 0 aliphatic heterocycles. The van der Waals surface area contributed by atoms with Crippen molar-refractivity contribution >= 4 is 16.9 Å². The van der Waals surface area contributed by atoms with E-state index in [9.17, 15) is 0 Å². The van der Waals surface area contributed by atoms with Gasteiger partial charge in [-0.25, -0.2) is 0 Å². The van der Waals surface area contributed by atoms with Crippen LogP contribution in [0, 0.1) is 0 Å². The van der Waals surface area contributed by atoms with Crippen molar-refractivity contribution in [1.82, 2.24) is 0 Å². The number of allylic oxidation sites excluding steroid dienone is 3. The Morgan fingerprint density at radius 2 is 0.845 bits per heavy atom. The zero-order chi connectivity index (χ0) is 47.3. The lowest BCUT2D eigenvalue weighted by Crippen LogP contribution is -2.29. The minimum absolute atomic E-state index is 0.149. The minimum atomic E-state index is -0.517. The largest absolute Gasteiger partial charge is 0.310 e. The summed E-state index contributed by atoms with van der Waals surface area (Å²) in [6, 6.07) is 90.9. The molecule has 0 amide bonds. The van der Waals surface area contributed by atoms with Gasteiger partial charge >= 0.3 is 0 Å². The average molecular weight is 906 g/mol. The van der Waals surface area contributed by atoms with Gasteiger partial charge in [0.05, 0.1) is 16.8 Å². The van der Waals surface area contributed by atoms with Crippen molar-refractivity contribution in [2.24, 2.45) is 0 Å². The van der Waals surface area contributed by atoms with Crippen LogP contribution in [-0.4, -0.2) is 0 Å². The summed E-state index contributed by atoms with van der Waals surface area (Å²) in [6.07, 6.45) is 4.42. The molecular formula is C70H51N. The minimum Gasteiger partial charge on any atom is -0.310 e. The van der Waals surface area contributed by atoms with Crippen LogP contribution in [0.3, 0.4) is 0 Å². The van der Waals surface area contributed by atoms with E-state index in [2.05, 4.69) is 267 Å². The summed E-state index contributed by atoms with van der Waals surface area (Å²) in [4.78, 5) is 2.63. The fourth-order valence-corrected chi connectivity index (χ4v) is 13.1. The van der Waals surface area contributed by atoms with Crippen LogP contribution in [-0.2, 0) is 10.8 Å². The number of fused-ring (bicyclic) bond motifs is 12. The summed E-state index contributed by atoms with van der Waals surface area (Å²) in [6.45, 7) is 4.78. The Kier molecular flexibility index (Phi) is 9.35. The molecule has 1 atom stereocenters. The Balaban J connectivity index is 1.04. The molecule has 14 rings (SSSR count). The van der Waals surface area contributed by atoms with Crippen molar-refractivity contribution in [3.8, 4) is 66.8 Å². The van der Waals surface area contributed by atoms with Crippen molar-refractivity contribution in [1.29, 1.82) is 0 Å². The van der Waals surface area contributed by atoms with Gasteiger partial charge in [-0.15, -0.1) is 0 Å². The Morgan fingerprint density at radius 3 is 1.52 bits per heavy atom. The molecule has 10 aromatic rings. The van der Waals surface area contributed by atoms with Gasteiger partial charge in [0.2, 0.25) is 0 Å². The van der Waals surface area contributed by atoms with E-state index < -0.39 is 5.41 Å². The molecule has 0 fully saturated rings. The zero-order valence-corrected chi connectivity index (χ0v) is 40.0. The van der Waals surface area contributed by atoms with Crippen LogP contribution in [0.15, 0.2) is 260 Å². The fraction of sp³-hybridized carbons (Fsp3) is 0.0857. The molecule has 1 nitrogen and oxygen atoms in total. The monoisotopic (exact) mass is 905 g/mol. The first-order valence-electron chi connectivity index (χ1n) is 25.2. The maximum absolute atomic E-state index is 2.63. The van der Waals surface area contributed by atoms with Crippen molar-refractivity contribution in [3.63, 3.8) is 0 Å². The van der Waals surface area contributed by atoms with Crippen LogP contribution >= 0.6 is 0 Å². The predicted molar refractivity (Wildman–Crippen MR) is 297 cm³/mol. The summed E-state index contributed by atoms with van der Waals surface area (Å²) in [5.41, 5.74) is 29.1. The van der Waals surface area contributed by atoms with Crippen LogP contribution in [0.25, 0.3) is 72.3 Å². The third-order valence-electron chi connectivity index (χ3n) is 16.2. The SMILES string of the molecule is CC1(C)c2ccccc2-c2c(N(C3=CCCC4=C3c3ccc(-c5ccc(-c6ccccc6)cc5)cc3C43c4ccccc4-c4c(-c5ccccc5)cccc43)c3ccc(-c4ccccc4)cc3)cccc21. The summed E-state index contributed by atoms with van der Waals surface area (Å²) < 4.78 is 0. The zero-order valence-electron chi connectivity index (χ0n) is 40.0. The first kappa shape index (κ1) is 41.5. The molecule has 0 bridgehead atoms. The number of hydrogen-bond donors (Lipinski definition) is 0. The lowest BCUT2D eigenvalue weighted by atomic mass is 9.67. The van der Waals surface area contributed by atoms with Crippen LogP contribution in [0.2, 0.25) is 0 Å². The molecule has 336 valence electrons. The van der Waals surface area contributed by atoms with E-state index in [0.717, 1.165) is 18.5 Å². The van der Waals surface area contributed by atoms with E-state index in [0.29, 0.717) is 0 Å². The lowest BCUT2D eigenvalue weighted by molar-refractivity contribution is 0.660. The van der Waals surface area contributed by atoms with Gasteiger partial charge in [0.15, 0.2) is 0 Å². The van der Waals surface area contributed by atoms with E-state index in [1.54, 1.807) is 0 Å². The predicted octanol–water partition coefficient (Wildman–Crippen LogP) is 18.3. The molecule has 4 aliphatic rings. The van der Waals surface area contributed by atoms with E-state index in [4.69, 9.17) is 0 Å². The van der Waals surface area contributed by atoms with E-state index in [1.807, 2.05) is 0 Å². The maximum atomic E-state index is 2.63. The Bertz CT molecular complexity index is 3800. The van der Waals surface area contributed by atoms with Crippen LogP contribution in [0.5, 0.6) is 0 Å². The third-order valence-corrected chi connectivity index (χ3v) is 16.2. The highest BCUT2D eigenvalue weighted by Crippen LogP contribution is 2.67. The molecule has 0 radical (unpaired) electrons. The smallest absolute Gasteiger partial charge is 0.0689 e. The van der Waals surface area contributed by atoms with Gasteiger partial charge in [-0.3, -0.25) is 0 Å². The molecule has 71 heavy (non-hydrogen) atoms. The normalized spacial score (nSPS) is 16.4. The summed E-state index contributed by atoms with van der Waals surface area (Å²) in [5.74, 6) is 0. The number of benzene rings is 10. The van der Waals surface area contributed by atoms with Gasteiger partial charge < -0.3 is 4.90 Å². The summed E-state index contributed by atoms with van der Waals surface area (Å²) >= 11 is 0. The molecule has 0 saturated carbocycles. The Morgan fingerprint density at radius 1 is 0.352 bits per heavy atom. The highest BCUT2D eigenvalue weighted by atomic mass is 15.2. The van der Waals surface area contributed by atoms with E-state index in [1.165, 1.54) is 123 Å². The second-order valence-corrected chi connectivity index (χ2v) is 20.2. The van der Waals surface area contributed by atoms with E-state index in [-0.39, 0.29) is 5.41 Å². The van der Waals surface area contributed by atoms with E-state index >= 15 is 0 Å². The second kappa shape index (κ2) is 16.0. The van der Waals surface area contributed by atoms with Crippen LogP contribution < -0.4 is 4.90 Å². The molecule has 0 aromatic heterocycles. The topological polar surface area (TPSA) is 3.24 Å². The first-order valence-corrected chi connectivity index (χ1v) is 25.2. The molecular weight excluding hydrogens is 855 g/mol. The van der Waals surface area contributed by atoms with Crippen LogP contribution in [0.4, 0.5) is 11.4 Å². The number of anilines is 2. The van der Waals surface area contributed by atoms with Gasteiger partial charge in [-0.05, 0) is 137 Å². The van der Waals surface area contributed by atoms with Gasteiger partial charge in [0, 0.05) is 22.2 Å². The maximum Gasteiger partial charge on any atom is 0.0689 e. The summed E-state index contributed by atoms with van der Waals surface area (Å²) in [7, 11) is 0. The number of hydrogen-bond acceptors (Lipinski definition) is 1. The fourth-order valence-electron chi connectivity index (χ4n) is 13.1. The van der Waals surface area contributed by atoms with Crippen molar-refractivity contribution in [3.05, 3.63) is 293 Å². The Hall–Kier alpha value is -8.52. The third kappa shape index (κ3) is 6.12. The second-order valence-electron chi connectivity index (χ2n) is 20.2. The van der Waals surface area contributed by atoms with Gasteiger partial charge in [-0.1, -0.05) is 238 Å². The molecule has 10 aromatic carbocycles. The molecule has 1 heteroatoms. The number of nitrogens with zero attached hydrogens (tertiary/aromatic N) is 1. The quantitative estimate of drug-likeness (QED) is 0.154. The molecule has 1 unspecified atom stereocenters. The first-order chi connectivity index (χ1) is 35.0. The summed E-state index contributed by atoms with van der Waals surface area (Å²) in [5, 5.41) is 0. The standard InChI is InChI=1S/C70H51N/c1-69(2)58-28-14-12-25-55(58)67-60(69)30-17-33-64(67)71(53-42-39-49(40-43-53)47-21-8-4-9-22-47)65-34-18-32-62-68(65)57-44-41-52(50-37-35-48(36-38-50)46-19-6-3-7-20-46)45-63(57)70(62)59-29-15-13-26-56(59)66-54(27-16-31-61(66)70)51-23-10-5-11-24-51/h3-17,19-31,33-45H,18,32H2,1-2H3. The highest BCUT2D eigenvalue weighted by molar-refractivity contribution is 6.05. The van der Waals surface area contributed by atoms with Crippen molar-refractivity contribution in [2.75, 3.05) is 4.90 Å². The molecule has 1 spiro atoms. The van der Waals surface area contributed by atoms with Crippen molar-refractivity contribution in [2.45, 2.75) is 37.5 Å². The van der Waals surface area contributed by atoms with Gasteiger partial charge in [0.25, 0.3) is 0 Å². The van der Waals surface area contributed by atoms with Gasteiger partial charge in [0.1, 0.15) is 0 Å². The highest BCUT2D eigenvalue weighted by Gasteiger charge is 2.55. The number of rotatable bonds is 7. The molecule has 0 saturated heterocycles. The molecule has 0 heterocycles. The van der Waals surface area contributed by atoms with Gasteiger partial charge in [-0.2, -0.15) is 0 Å². The average Bonchev–Trinajstić information content (AvgIpc) is 4.01. The van der Waals surface area contributed by atoms with Crippen molar-refractivity contribution < 1.29 is 0 Å². The molecule has 0 N–H and O–H groups in total. The van der Waals surface area contributed by atoms with Crippen LogP contribution in [0.1, 0.15) is 60.1 Å². The lowest BCUT2D eigenvalue weighted by Gasteiger charge is -2.36.